The number of benzene rings is 2. The number of nitrogens with one attached hydrogen (secondary N) is 1. The molecular weight excluding hydrogens is 387 g/mol. The molecule has 0 radical (unpaired) electrons. The molecule has 1 N–H and O–H groups in total. The predicted molar refractivity (Wildman–Crippen MR) is 106 cm³/mol. The summed E-state index contributed by atoms with van der Waals surface area (Å²) in [5, 5.41) is 1.12. The quantitative estimate of drug-likeness (QED) is 0.824. The van der Waals surface area contributed by atoms with Gasteiger partial charge in [0.2, 0.25) is 0 Å². The smallest absolute Gasteiger partial charge is 0.254 e. The van der Waals surface area contributed by atoms with Gasteiger partial charge in [-0.2, -0.15) is 0 Å². The van der Waals surface area contributed by atoms with E-state index in [1.54, 1.807) is 12.1 Å². The van der Waals surface area contributed by atoms with Crippen molar-refractivity contribution in [1.82, 2.24) is 4.90 Å². The minimum absolute atomic E-state index is 0.0420. The summed E-state index contributed by atoms with van der Waals surface area (Å²) in [5.74, 6) is 0.852. The van der Waals surface area contributed by atoms with Crippen LogP contribution in [0.5, 0.6) is 11.5 Å². The number of nitrogens with zero attached hydrogens (tertiary/aromatic N) is 1. The maximum atomic E-state index is 12.9. The normalized spacial score (nSPS) is 14.9. The highest BCUT2D eigenvalue weighted by Crippen LogP contribution is 2.36. The fourth-order valence-electron chi connectivity index (χ4n) is 3.36. The van der Waals surface area contributed by atoms with Crippen molar-refractivity contribution in [1.29, 1.82) is 0 Å². The van der Waals surface area contributed by atoms with Crippen LogP contribution in [0.4, 0.5) is 0 Å². The number of methoxy groups -OCH3 is 2. The Bertz CT molecular complexity index is 821. The number of carbonyl (C=O) groups is 1. The maximum absolute atomic E-state index is 12.9. The number of amides is 1. The van der Waals surface area contributed by atoms with Gasteiger partial charge in [0, 0.05) is 16.1 Å². The number of carbonyl (C=O) groups excluding carboxylic acids is 1. The second-order valence-corrected chi connectivity index (χ2v) is 7.39. The summed E-state index contributed by atoms with van der Waals surface area (Å²) in [6, 6.07) is 11.2. The van der Waals surface area contributed by atoms with Crippen LogP contribution in [0, 0.1) is 0 Å². The van der Waals surface area contributed by atoms with Gasteiger partial charge in [0.15, 0.2) is 11.5 Å². The monoisotopic (exact) mass is 409 g/mol. The SMILES string of the molecule is COc1cc(C(=O)N2CC[NH+](Cc3cccc(Cl)c3)CC2)cc(Cl)c1OC. The van der Waals surface area contributed by atoms with Crippen LogP contribution in [0.25, 0.3) is 0 Å². The molecule has 0 aliphatic carbocycles. The van der Waals surface area contributed by atoms with E-state index < -0.39 is 0 Å². The van der Waals surface area contributed by atoms with Crippen molar-refractivity contribution >= 4 is 29.1 Å². The molecule has 0 atom stereocenters. The van der Waals surface area contributed by atoms with Gasteiger partial charge in [-0.1, -0.05) is 35.3 Å². The van der Waals surface area contributed by atoms with Crippen molar-refractivity contribution in [3.8, 4) is 11.5 Å². The molecule has 1 aliphatic rings. The maximum Gasteiger partial charge on any atom is 0.254 e. The van der Waals surface area contributed by atoms with Crippen LogP contribution in [0.15, 0.2) is 36.4 Å². The molecule has 1 heterocycles. The second-order valence-electron chi connectivity index (χ2n) is 6.54. The molecule has 2 aromatic carbocycles. The van der Waals surface area contributed by atoms with Gasteiger partial charge in [-0.15, -0.1) is 0 Å². The molecule has 0 unspecified atom stereocenters. The van der Waals surface area contributed by atoms with Crippen molar-refractivity contribution in [2.75, 3.05) is 40.4 Å². The average molecular weight is 410 g/mol. The van der Waals surface area contributed by atoms with E-state index in [0.717, 1.165) is 24.7 Å². The third-order valence-electron chi connectivity index (χ3n) is 4.78. The van der Waals surface area contributed by atoms with Gasteiger partial charge >= 0.3 is 0 Å². The fraction of sp³-hybridized carbons (Fsp3) is 0.350. The van der Waals surface area contributed by atoms with Gasteiger partial charge in [-0.25, -0.2) is 0 Å². The Morgan fingerprint density at radius 1 is 1.11 bits per heavy atom. The Morgan fingerprint density at radius 2 is 1.85 bits per heavy atom. The van der Waals surface area contributed by atoms with Crippen LogP contribution in [0.1, 0.15) is 15.9 Å². The standard InChI is InChI=1S/C20H22Cl2N2O3/c1-26-18-12-15(11-17(22)19(18)27-2)20(25)24-8-6-23(7-9-24)13-14-4-3-5-16(21)10-14/h3-5,10-12H,6-9,13H2,1-2H3/p+1. The Morgan fingerprint density at radius 3 is 2.48 bits per heavy atom. The van der Waals surface area contributed by atoms with E-state index in [-0.39, 0.29) is 5.91 Å². The van der Waals surface area contributed by atoms with E-state index in [2.05, 4.69) is 6.07 Å². The number of quaternary nitrogens is 1. The van der Waals surface area contributed by atoms with E-state index in [9.17, 15) is 4.79 Å². The lowest BCUT2D eigenvalue weighted by atomic mass is 10.1. The second kappa shape index (κ2) is 8.83. The first kappa shape index (κ1) is 19.8. The molecule has 5 nitrogen and oxygen atoms in total. The zero-order valence-corrected chi connectivity index (χ0v) is 16.9. The van der Waals surface area contributed by atoms with Crippen molar-refractivity contribution in [3.63, 3.8) is 0 Å². The first-order chi connectivity index (χ1) is 13.0. The number of rotatable bonds is 5. The molecule has 2 aromatic rings. The van der Waals surface area contributed by atoms with E-state index in [1.165, 1.54) is 24.7 Å². The molecule has 0 saturated carbocycles. The number of hydrogen-bond acceptors (Lipinski definition) is 3. The summed E-state index contributed by atoms with van der Waals surface area (Å²) < 4.78 is 10.5. The molecule has 3 rings (SSSR count). The topological polar surface area (TPSA) is 43.2 Å². The summed E-state index contributed by atoms with van der Waals surface area (Å²) in [4.78, 5) is 16.2. The van der Waals surface area contributed by atoms with Crippen LogP contribution in [-0.2, 0) is 6.54 Å². The summed E-state index contributed by atoms with van der Waals surface area (Å²) in [7, 11) is 3.05. The summed E-state index contributed by atoms with van der Waals surface area (Å²) in [6.45, 7) is 4.07. The van der Waals surface area contributed by atoms with Crippen LogP contribution in [0.3, 0.4) is 0 Å². The zero-order chi connectivity index (χ0) is 19.4. The van der Waals surface area contributed by atoms with E-state index in [0.29, 0.717) is 35.2 Å². The van der Waals surface area contributed by atoms with Gasteiger partial charge in [-0.05, 0) is 24.3 Å². The highest BCUT2D eigenvalue weighted by atomic mass is 35.5. The molecule has 0 bridgehead atoms. The van der Waals surface area contributed by atoms with Gasteiger partial charge in [0.1, 0.15) is 6.54 Å². The number of piperazine rings is 1. The van der Waals surface area contributed by atoms with Gasteiger partial charge < -0.3 is 19.3 Å². The lowest BCUT2D eigenvalue weighted by molar-refractivity contribution is -0.917. The highest BCUT2D eigenvalue weighted by molar-refractivity contribution is 6.32. The number of hydrogen-bond donors (Lipinski definition) is 1. The summed E-state index contributed by atoms with van der Waals surface area (Å²) in [6.07, 6.45) is 0. The lowest BCUT2D eigenvalue weighted by Gasteiger charge is -2.32. The lowest BCUT2D eigenvalue weighted by Crippen LogP contribution is -3.13. The first-order valence-corrected chi connectivity index (χ1v) is 9.56. The molecule has 27 heavy (non-hydrogen) atoms. The first-order valence-electron chi connectivity index (χ1n) is 8.80. The van der Waals surface area contributed by atoms with Gasteiger partial charge in [0.25, 0.3) is 5.91 Å². The van der Waals surface area contributed by atoms with Crippen LogP contribution in [-0.4, -0.2) is 51.2 Å². The van der Waals surface area contributed by atoms with Gasteiger partial charge in [0.05, 0.1) is 45.4 Å². The van der Waals surface area contributed by atoms with Crippen molar-refractivity contribution in [3.05, 3.63) is 57.6 Å². The van der Waals surface area contributed by atoms with Crippen LogP contribution in [0.2, 0.25) is 10.0 Å². The molecular formula is C20H23Cl2N2O3+. The van der Waals surface area contributed by atoms with Crippen LogP contribution >= 0.6 is 23.2 Å². The average Bonchev–Trinajstić information content (AvgIpc) is 2.67. The molecule has 1 aliphatic heterocycles. The Kier molecular flexibility index (Phi) is 6.47. The largest absolute Gasteiger partial charge is 0.493 e. The van der Waals surface area contributed by atoms with E-state index in [1.807, 2.05) is 23.1 Å². The number of halogens is 2. The molecule has 1 fully saturated rings. The van der Waals surface area contributed by atoms with E-state index in [4.69, 9.17) is 32.7 Å². The summed E-state index contributed by atoms with van der Waals surface area (Å²) in [5.41, 5.74) is 1.72. The van der Waals surface area contributed by atoms with Crippen molar-refractivity contribution in [2.45, 2.75) is 6.54 Å². The molecule has 1 saturated heterocycles. The minimum Gasteiger partial charge on any atom is -0.493 e. The highest BCUT2D eigenvalue weighted by Gasteiger charge is 2.26. The summed E-state index contributed by atoms with van der Waals surface area (Å²) >= 11 is 12.3. The zero-order valence-electron chi connectivity index (χ0n) is 15.4. The van der Waals surface area contributed by atoms with E-state index >= 15 is 0 Å². The van der Waals surface area contributed by atoms with Crippen molar-refractivity contribution in [2.24, 2.45) is 0 Å². The Labute approximate surface area is 169 Å². The third-order valence-corrected chi connectivity index (χ3v) is 5.30. The molecule has 0 spiro atoms. The fourth-order valence-corrected chi connectivity index (χ4v) is 3.86. The Hall–Kier alpha value is -1.95. The Balaban J connectivity index is 1.64. The molecule has 0 aromatic heterocycles. The van der Waals surface area contributed by atoms with Crippen LogP contribution < -0.4 is 14.4 Å². The molecule has 144 valence electrons. The van der Waals surface area contributed by atoms with Gasteiger partial charge in [-0.3, -0.25) is 4.79 Å². The molecule has 7 heteroatoms. The molecule has 1 amide bonds. The minimum atomic E-state index is -0.0420. The van der Waals surface area contributed by atoms with Crippen molar-refractivity contribution < 1.29 is 19.2 Å². The third kappa shape index (κ3) is 4.67. The number of ether oxygens (including phenoxy) is 2. The predicted octanol–water partition coefficient (Wildman–Crippen LogP) is 2.55.